The van der Waals surface area contributed by atoms with E-state index in [1.54, 1.807) is 12.0 Å². The lowest BCUT2D eigenvalue weighted by Gasteiger charge is -2.42. The number of hydrogen-bond donors (Lipinski definition) is 1. The van der Waals surface area contributed by atoms with Gasteiger partial charge < -0.3 is 19.5 Å². The van der Waals surface area contributed by atoms with E-state index in [-0.39, 0.29) is 18.9 Å². The Morgan fingerprint density at radius 1 is 1.24 bits per heavy atom. The molecule has 1 aromatic carbocycles. The second-order valence-electron chi connectivity index (χ2n) is 6.50. The SMILES string of the molecule is COc1ccccc1CC(=O)N1CCN(C2(C(=O)O)CCOC2)CC1. The second kappa shape index (κ2) is 7.41. The average Bonchev–Trinajstić information content (AvgIpc) is 3.13. The van der Waals surface area contributed by atoms with Gasteiger partial charge in [0.2, 0.25) is 5.91 Å². The van der Waals surface area contributed by atoms with Gasteiger partial charge >= 0.3 is 5.97 Å². The Balaban J connectivity index is 1.60. The number of methoxy groups -OCH3 is 1. The summed E-state index contributed by atoms with van der Waals surface area (Å²) in [6.07, 6.45) is 0.786. The molecule has 1 N–H and O–H groups in total. The van der Waals surface area contributed by atoms with Crippen LogP contribution in [0.4, 0.5) is 0 Å². The molecule has 136 valence electrons. The fraction of sp³-hybridized carbons (Fsp3) is 0.556. The Morgan fingerprint density at radius 3 is 2.56 bits per heavy atom. The number of carboxylic acids is 1. The Kier molecular flexibility index (Phi) is 5.24. The van der Waals surface area contributed by atoms with Gasteiger partial charge in [0, 0.05) is 44.8 Å². The molecular weight excluding hydrogens is 324 g/mol. The van der Waals surface area contributed by atoms with Gasteiger partial charge in [-0.3, -0.25) is 14.5 Å². The second-order valence-corrected chi connectivity index (χ2v) is 6.50. The molecule has 7 nitrogen and oxygen atoms in total. The molecule has 2 saturated heterocycles. The molecule has 1 atom stereocenters. The molecule has 1 amide bonds. The quantitative estimate of drug-likeness (QED) is 0.841. The maximum atomic E-state index is 12.6. The van der Waals surface area contributed by atoms with Crippen LogP contribution in [0.15, 0.2) is 24.3 Å². The average molecular weight is 348 g/mol. The number of benzene rings is 1. The topological polar surface area (TPSA) is 79.3 Å². The van der Waals surface area contributed by atoms with Gasteiger partial charge in [-0.15, -0.1) is 0 Å². The van der Waals surface area contributed by atoms with Gasteiger partial charge in [-0.1, -0.05) is 18.2 Å². The number of aliphatic carboxylic acids is 1. The summed E-state index contributed by atoms with van der Waals surface area (Å²) in [7, 11) is 1.59. The van der Waals surface area contributed by atoms with Gasteiger partial charge in [-0.2, -0.15) is 0 Å². The summed E-state index contributed by atoms with van der Waals surface area (Å²) in [4.78, 5) is 28.1. The lowest BCUT2D eigenvalue weighted by molar-refractivity contribution is -0.153. The number of hydrogen-bond acceptors (Lipinski definition) is 5. The maximum Gasteiger partial charge on any atom is 0.326 e. The molecule has 1 unspecified atom stereocenters. The van der Waals surface area contributed by atoms with Gasteiger partial charge in [-0.25, -0.2) is 0 Å². The number of nitrogens with zero attached hydrogens (tertiary/aromatic N) is 2. The molecule has 0 radical (unpaired) electrons. The first kappa shape index (κ1) is 17.7. The Hall–Kier alpha value is -2.12. The summed E-state index contributed by atoms with van der Waals surface area (Å²) in [5, 5.41) is 9.63. The van der Waals surface area contributed by atoms with Crippen molar-refractivity contribution < 1.29 is 24.2 Å². The van der Waals surface area contributed by atoms with E-state index in [1.165, 1.54) is 0 Å². The van der Waals surface area contributed by atoms with Gasteiger partial charge in [-0.05, 0) is 6.07 Å². The molecule has 0 saturated carbocycles. The number of carbonyl (C=O) groups excluding carboxylic acids is 1. The number of rotatable bonds is 5. The zero-order valence-corrected chi connectivity index (χ0v) is 14.4. The number of carboxylic acid groups (broad SMARTS) is 1. The Labute approximate surface area is 147 Å². The van der Waals surface area contributed by atoms with Crippen LogP contribution < -0.4 is 4.74 Å². The lowest BCUT2D eigenvalue weighted by atomic mass is 9.95. The first-order chi connectivity index (χ1) is 12.1. The van der Waals surface area contributed by atoms with Gasteiger partial charge in [0.15, 0.2) is 0 Å². The predicted octanol–water partition coefficient (Wildman–Crippen LogP) is 0.626. The molecule has 0 aromatic heterocycles. The summed E-state index contributed by atoms with van der Waals surface area (Å²) in [6, 6.07) is 7.50. The first-order valence-electron chi connectivity index (χ1n) is 8.53. The number of piperazine rings is 1. The molecule has 7 heteroatoms. The van der Waals surface area contributed by atoms with Crippen LogP contribution in [0.2, 0.25) is 0 Å². The molecule has 2 fully saturated rings. The standard InChI is InChI=1S/C18H24N2O5/c1-24-15-5-3-2-4-14(15)12-16(21)19-7-9-20(10-8-19)18(17(22)23)6-11-25-13-18/h2-5H,6-13H2,1H3,(H,22,23). The normalized spacial score (nSPS) is 24.3. The van der Waals surface area contributed by atoms with Crippen LogP contribution in [0.5, 0.6) is 5.75 Å². The molecule has 0 spiro atoms. The minimum absolute atomic E-state index is 0.0381. The summed E-state index contributed by atoms with van der Waals surface area (Å²) >= 11 is 0. The third-order valence-corrected chi connectivity index (χ3v) is 5.17. The summed E-state index contributed by atoms with van der Waals surface area (Å²) in [5.74, 6) is -0.0857. The van der Waals surface area contributed by atoms with E-state index >= 15 is 0 Å². The van der Waals surface area contributed by atoms with Crippen LogP contribution in [-0.2, 0) is 20.7 Å². The molecule has 2 aliphatic rings. The molecule has 25 heavy (non-hydrogen) atoms. The van der Waals surface area contributed by atoms with Crippen molar-refractivity contribution in [3.8, 4) is 5.75 Å². The van der Waals surface area contributed by atoms with Crippen molar-refractivity contribution in [2.45, 2.75) is 18.4 Å². The monoisotopic (exact) mass is 348 g/mol. The summed E-state index contributed by atoms with van der Waals surface area (Å²) in [6.45, 7) is 2.85. The van der Waals surface area contributed by atoms with E-state index in [0.29, 0.717) is 45.0 Å². The van der Waals surface area contributed by atoms with Crippen molar-refractivity contribution in [1.82, 2.24) is 9.80 Å². The zero-order valence-electron chi connectivity index (χ0n) is 14.4. The van der Waals surface area contributed by atoms with Crippen molar-refractivity contribution in [2.75, 3.05) is 46.5 Å². The van der Waals surface area contributed by atoms with Crippen molar-refractivity contribution in [1.29, 1.82) is 0 Å². The van der Waals surface area contributed by atoms with E-state index < -0.39 is 11.5 Å². The summed E-state index contributed by atoms with van der Waals surface area (Å²) in [5.41, 5.74) is -0.0683. The van der Waals surface area contributed by atoms with Crippen LogP contribution in [0.25, 0.3) is 0 Å². The van der Waals surface area contributed by atoms with Crippen molar-refractivity contribution in [2.24, 2.45) is 0 Å². The fourth-order valence-electron chi connectivity index (χ4n) is 3.62. The number of amides is 1. The predicted molar refractivity (Wildman–Crippen MR) is 90.7 cm³/mol. The molecule has 1 aromatic rings. The fourth-order valence-corrected chi connectivity index (χ4v) is 3.62. The van der Waals surface area contributed by atoms with Crippen LogP contribution in [0.3, 0.4) is 0 Å². The molecule has 3 rings (SSSR count). The minimum Gasteiger partial charge on any atom is -0.496 e. The molecule has 2 heterocycles. The minimum atomic E-state index is -0.933. The van der Waals surface area contributed by atoms with Crippen molar-refractivity contribution >= 4 is 11.9 Å². The molecule has 2 aliphatic heterocycles. The van der Waals surface area contributed by atoms with Crippen molar-refractivity contribution in [3.05, 3.63) is 29.8 Å². The Bertz CT molecular complexity index is 634. The van der Waals surface area contributed by atoms with E-state index in [4.69, 9.17) is 9.47 Å². The van der Waals surface area contributed by atoms with Gasteiger partial charge in [0.25, 0.3) is 0 Å². The smallest absolute Gasteiger partial charge is 0.326 e. The zero-order chi connectivity index (χ0) is 17.9. The highest BCUT2D eigenvalue weighted by atomic mass is 16.5. The summed E-state index contributed by atoms with van der Waals surface area (Å²) < 4.78 is 10.6. The molecule has 0 aliphatic carbocycles. The number of ether oxygens (including phenoxy) is 2. The molecule has 0 bridgehead atoms. The van der Waals surface area contributed by atoms with E-state index in [0.717, 1.165) is 5.56 Å². The van der Waals surface area contributed by atoms with E-state index in [9.17, 15) is 14.7 Å². The third kappa shape index (κ3) is 3.48. The van der Waals surface area contributed by atoms with Crippen LogP contribution in [-0.4, -0.2) is 78.8 Å². The van der Waals surface area contributed by atoms with E-state index in [2.05, 4.69) is 0 Å². The third-order valence-electron chi connectivity index (χ3n) is 5.17. The lowest BCUT2D eigenvalue weighted by Crippen LogP contribution is -2.62. The highest BCUT2D eigenvalue weighted by Gasteiger charge is 2.48. The first-order valence-corrected chi connectivity index (χ1v) is 8.53. The number of para-hydroxylation sites is 1. The van der Waals surface area contributed by atoms with Gasteiger partial charge in [0.1, 0.15) is 11.3 Å². The highest BCUT2D eigenvalue weighted by molar-refractivity contribution is 5.80. The van der Waals surface area contributed by atoms with Crippen LogP contribution in [0.1, 0.15) is 12.0 Å². The maximum absolute atomic E-state index is 12.6. The largest absolute Gasteiger partial charge is 0.496 e. The number of carbonyl (C=O) groups is 2. The Morgan fingerprint density at radius 2 is 1.96 bits per heavy atom. The van der Waals surface area contributed by atoms with Crippen LogP contribution in [0, 0.1) is 0 Å². The van der Waals surface area contributed by atoms with Crippen molar-refractivity contribution in [3.63, 3.8) is 0 Å². The highest BCUT2D eigenvalue weighted by Crippen LogP contribution is 2.28. The molecular formula is C18H24N2O5. The van der Waals surface area contributed by atoms with Crippen LogP contribution >= 0.6 is 0 Å². The van der Waals surface area contributed by atoms with Gasteiger partial charge in [0.05, 0.1) is 20.1 Å². The van der Waals surface area contributed by atoms with E-state index in [1.807, 2.05) is 29.2 Å².